The molecule has 0 saturated heterocycles. The Bertz CT molecular complexity index is 802. The minimum Gasteiger partial charge on any atom is -0.508 e. The standard InChI is InChI=1S/C17H15N3O2S/c21-15-4-2-1-3-13(15)5-6-16(22)20-17-19-14(11-23-17)12-7-9-18-10-8-12/h1-4,7-11,21H,5-6H2,(H,19,20,22). The van der Waals surface area contributed by atoms with E-state index in [1.54, 1.807) is 24.5 Å². The average molecular weight is 325 g/mol. The Kier molecular flexibility index (Phi) is 4.63. The van der Waals surface area contributed by atoms with Gasteiger partial charge >= 0.3 is 0 Å². The number of carbonyl (C=O) groups is 1. The summed E-state index contributed by atoms with van der Waals surface area (Å²) in [6.07, 6.45) is 4.20. The summed E-state index contributed by atoms with van der Waals surface area (Å²) in [4.78, 5) is 20.4. The van der Waals surface area contributed by atoms with Crippen LogP contribution in [0.4, 0.5) is 5.13 Å². The predicted molar refractivity (Wildman–Crippen MR) is 90.4 cm³/mol. The van der Waals surface area contributed by atoms with E-state index in [2.05, 4.69) is 15.3 Å². The Morgan fingerprint density at radius 2 is 1.96 bits per heavy atom. The zero-order valence-electron chi connectivity index (χ0n) is 12.3. The Morgan fingerprint density at radius 1 is 1.17 bits per heavy atom. The van der Waals surface area contributed by atoms with Gasteiger partial charge in [0.05, 0.1) is 5.69 Å². The van der Waals surface area contributed by atoms with Crippen LogP contribution >= 0.6 is 11.3 Å². The van der Waals surface area contributed by atoms with Gasteiger partial charge in [0.1, 0.15) is 5.75 Å². The highest BCUT2D eigenvalue weighted by Gasteiger charge is 2.09. The largest absolute Gasteiger partial charge is 0.508 e. The Balaban J connectivity index is 1.58. The smallest absolute Gasteiger partial charge is 0.226 e. The molecule has 0 radical (unpaired) electrons. The molecule has 5 nitrogen and oxygen atoms in total. The van der Waals surface area contributed by atoms with Crippen molar-refractivity contribution in [2.75, 3.05) is 5.32 Å². The van der Waals surface area contributed by atoms with Crippen LogP contribution in [0.1, 0.15) is 12.0 Å². The van der Waals surface area contributed by atoms with Gasteiger partial charge < -0.3 is 10.4 Å². The van der Waals surface area contributed by atoms with E-state index in [-0.39, 0.29) is 11.7 Å². The topological polar surface area (TPSA) is 75.1 Å². The zero-order chi connectivity index (χ0) is 16.1. The number of phenolic OH excluding ortho intramolecular Hbond substituents is 1. The Morgan fingerprint density at radius 3 is 2.74 bits per heavy atom. The number of aromatic nitrogens is 2. The highest BCUT2D eigenvalue weighted by atomic mass is 32.1. The molecule has 1 amide bonds. The number of thiazole rings is 1. The first kappa shape index (κ1) is 15.2. The molecule has 2 heterocycles. The minimum absolute atomic E-state index is 0.121. The lowest BCUT2D eigenvalue weighted by Gasteiger charge is -2.04. The van der Waals surface area contributed by atoms with Crippen molar-refractivity contribution in [3.8, 4) is 17.0 Å². The molecule has 0 spiro atoms. The molecule has 2 aromatic heterocycles. The third-order valence-corrected chi connectivity index (χ3v) is 4.10. The summed E-state index contributed by atoms with van der Waals surface area (Å²) in [6.45, 7) is 0. The van der Waals surface area contributed by atoms with Crippen molar-refractivity contribution in [3.05, 3.63) is 59.7 Å². The molecule has 0 bridgehead atoms. The van der Waals surface area contributed by atoms with Crippen LogP contribution in [0.2, 0.25) is 0 Å². The van der Waals surface area contributed by atoms with Crippen LogP contribution in [0.25, 0.3) is 11.3 Å². The number of rotatable bonds is 5. The van der Waals surface area contributed by atoms with Gasteiger partial charge in [-0.15, -0.1) is 11.3 Å². The molecule has 0 aliphatic rings. The average Bonchev–Trinajstić information content (AvgIpc) is 3.03. The fourth-order valence-electron chi connectivity index (χ4n) is 2.14. The van der Waals surface area contributed by atoms with Crippen molar-refractivity contribution in [3.63, 3.8) is 0 Å². The summed E-state index contributed by atoms with van der Waals surface area (Å²) >= 11 is 1.38. The number of phenols is 1. The second-order valence-corrected chi connectivity index (χ2v) is 5.81. The molecule has 1 aromatic carbocycles. The van der Waals surface area contributed by atoms with Gasteiger partial charge in [-0.2, -0.15) is 0 Å². The number of nitrogens with one attached hydrogen (secondary N) is 1. The van der Waals surface area contributed by atoms with Crippen LogP contribution in [0.5, 0.6) is 5.75 Å². The number of nitrogens with zero attached hydrogens (tertiary/aromatic N) is 2. The zero-order valence-corrected chi connectivity index (χ0v) is 13.1. The van der Waals surface area contributed by atoms with E-state index >= 15 is 0 Å². The number of amides is 1. The first-order valence-electron chi connectivity index (χ1n) is 7.15. The maximum atomic E-state index is 12.0. The van der Waals surface area contributed by atoms with Crippen LogP contribution in [-0.2, 0) is 11.2 Å². The van der Waals surface area contributed by atoms with Crippen molar-refractivity contribution in [1.82, 2.24) is 9.97 Å². The second kappa shape index (κ2) is 7.02. The summed E-state index contributed by atoms with van der Waals surface area (Å²) < 4.78 is 0. The third-order valence-electron chi connectivity index (χ3n) is 3.34. The quantitative estimate of drug-likeness (QED) is 0.753. The minimum atomic E-state index is -0.121. The van der Waals surface area contributed by atoms with E-state index in [0.29, 0.717) is 18.0 Å². The van der Waals surface area contributed by atoms with Crippen LogP contribution in [0.15, 0.2) is 54.2 Å². The van der Waals surface area contributed by atoms with Crippen molar-refractivity contribution >= 4 is 22.4 Å². The number of carbonyl (C=O) groups excluding carboxylic acids is 1. The summed E-state index contributed by atoms with van der Waals surface area (Å²) in [7, 11) is 0. The number of hydrogen-bond acceptors (Lipinski definition) is 5. The molecular formula is C17H15N3O2S. The fraction of sp³-hybridized carbons (Fsp3) is 0.118. The lowest BCUT2D eigenvalue weighted by molar-refractivity contribution is -0.116. The van der Waals surface area contributed by atoms with E-state index < -0.39 is 0 Å². The highest BCUT2D eigenvalue weighted by molar-refractivity contribution is 7.14. The maximum absolute atomic E-state index is 12.0. The van der Waals surface area contributed by atoms with E-state index in [0.717, 1.165) is 16.8 Å². The van der Waals surface area contributed by atoms with Gasteiger partial charge in [0.25, 0.3) is 0 Å². The third kappa shape index (κ3) is 3.92. The molecule has 6 heteroatoms. The Hall–Kier alpha value is -2.73. The molecule has 0 aliphatic heterocycles. The molecular weight excluding hydrogens is 310 g/mol. The van der Waals surface area contributed by atoms with Crippen molar-refractivity contribution in [1.29, 1.82) is 0 Å². The van der Waals surface area contributed by atoms with Crippen LogP contribution < -0.4 is 5.32 Å². The summed E-state index contributed by atoms with van der Waals surface area (Å²) in [5, 5.41) is 15.0. The number of aromatic hydroxyl groups is 1. The van der Waals surface area contributed by atoms with Gasteiger partial charge in [0, 0.05) is 29.8 Å². The van der Waals surface area contributed by atoms with Crippen LogP contribution in [-0.4, -0.2) is 21.0 Å². The van der Waals surface area contributed by atoms with Crippen LogP contribution in [0.3, 0.4) is 0 Å². The Labute approximate surface area is 137 Å². The summed E-state index contributed by atoms with van der Waals surface area (Å²) in [5.74, 6) is 0.0957. The van der Waals surface area contributed by atoms with Gasteiger partial charge in [-0.25, -0.2) is 4.98 Å². The van der Waals surface area contributed by atoms with Crippen molar-refractivity contribution in [2.45, 2.75) is 12.8 Å². The van der Waals surface area contributed by atoms with Gasteiger partial charge in [-0.05, 0) is 30.2 Å². The number of pyridine rings is 1. The molecule has 0 aliphatic carbocycles. The first-order chi connectivity index (χ1) is 11.2. The SMILES string of the molecule is O=C(CCc1ccccc1O)Nc1nc(-c2ccncc2)cs1. The van der Waals surface area contributed by atoms with Gasteiger partial charge in [0.15, 0.2) is 5.13 Å². The van der Waals surface area contributed by atoms with Crippen molar-refractivity contribution < 1.29 is 9.90 Å². The summed E-state index contributed by atoms with van der Waals surface area (Å²) in [6, 6.07) is 10.8. The normalized spacial score (nSPS) is 10.4. The monoisotopic (exact) mass is 325 g/mol. The maximum Gasteiger partial charge on any atom is 0.226 e. The number of hydrogen-bond donors (Lipinski definition) is 2. The lowest BCUT2D eigenvalue weighted by atomic mass is 10.1. The molecule has 23 heavy (non-hydrogen) atoms. The highest BCUT2D eigenvalue weighted by Crippen LogP contribution is 2.24. The van der Waals surface area contributed by atoms with E-state index in [1.807, 2.05) is 29.6 Å². The number of anilines is 1. The molecule has 0 fully saturated rings. The van der Waals surface area contributed by atoms with Crippen LogP contribution in [0, 0.1) is 0 Å². The summed E-state index contributed by atoms with van der Waals surface area (Å²) in [5.41, 5.74) is 2.54. The predicted octanol–water partition coefficient (Wildman–Crippen LogP) is 3.48. The molecule has 3 aromatic rings. The van der Waals surface area contributed by atoms with Gasteiger partial charge in [-0.3, -0.25) is 9.78 Å². The van der Waals surface area contributed by atoms with E-state index in [9.17, 15) is 9.90 Å². The van der Waals surface area contributed by atoms with E-state index in [1.165, 1.54) is 11.3 Å². The second-order valence-electron chi connectivity index (χ2n) is 4.95. The van der Waals surface area contributed by atoms with Gasteiger partial charge in [0.2, 0.25) is 5.91 Å². The first-order valence-corrected chi connectivity index (χ1v) is 8.03. The van der Waals surface area contributed by atoms with E-state index in [4.69, 9.17) is 0 Å². The van der Waals surface area contributed by atoms with Crippen molar-refractivity contribution in [2.24, 2.45) is 0 Å². The molecule has 0 unspecified atom stereocenters. The molecule has 3 rings (SSSR count). The lowest BCUT2D eigenvalue weighted by Crippen LogP contribution is -2.12. The molecule has 0 atom stereocenters. The fourth-order valence-corrected chi connectivity index (χ4v) is 2.87. The molecule has 2 N–H and O–H groups in total. The van der Waals surface area contributed by atoms with Gasteiger partial charge in [-0.1, -0.05) is 18.2 Å². The number of aryl methyl sites for hydroxylation is 1. The number of benzene rings is 1. The number of para-hydroxylation sites is 1. The molecule has 116 valence electrons. The molecule has 0 saturated carbocycles.